The molecule has 7 fully saturated rings. The number of aliphatic carboxylic acids is 1. The van der Waals surface area contributed by atoms with Gasteiger partial charge >= 0.3 is 35.5 Å². The summed E-state index contributed by atoms with van der Waals surface area (Å²) in [5.41, 5.74) is 0.188. The van der Waals surface area contributed by atoms with Crippen LogP contribution in [0.4, 0.5) is 0 Å². The smallest absolute Gasteiger partial charge is 0.550 e. The average Bonchev–Trinajstić information content (AvgIpc) is 4.18. The predicted molar refractivity (Wildman–Crippen MR) is 293 cm³/mol. The summed E-state index contributed by atoms with van der Waals surface area (Å²) in [5, 5.41) is 46.0. The van der Waals surface area contributed by atoms with Crippen molar-refractivity contribution in [2.24, 2.45) is 70.0 Å². The number of carbonyl (C=O) groups is 4. The number of ether oxygens (including phenoxy) is 6. The molecule has 0 aromatic carbocycles. The van der Waals surface area contributed by atoms with Gasteiger partial charge in [-0.15, -0.1) is 0 Å². The van der Waals surface area contributed by atoms with Gasteiger partial charge in [0.05, 0.1) is 47.8 Å². The van der Waals surface area contributed by atoms with Crippen LogP contribution in [-0.2, 0) is 47.6 Å². The van der Waals surface area contributed by atoms with E-state index in [1.54, 1.807) is 19.1 Å². The molecule has 442 valence electrons. The van der Waals surface area contributed by atoms with Gasteiger partial charge in [0, 0.05) is 60.2 Å². The molecule has 9 rings (SSSR count). The average molecular weight is 1120 g/mol. The van der Waals surface area contributed by atoms with Crippen LogP contribution in [-0.4, -0.2) is 110 Å². The first-order valence-corrected chi connectivity index (χ1v) is 31.0. The summed E-state index contributed by atoms with van der Waals surface area (Å²) in [6.45, 7) is 26.2. The normalized spacial score (nSPS) is 45.5. The Hall–Kier alpha value is -1.56. The fourth-order valence-electron chi connectivity index (χ4n) is 17.4. The van der Waals surface area contributed by atoms with Crippen LogP contribution in [0.1, 0.15) is 212 Å². The molecule has 9 aliphatic rings. The second-order valence-corrected chi connectivity index (χ2v) is 27.3. The van der Waals surface area contributed by atoms with Crippen molar-refractivity contribution in [3.05, 3.63) is 23.8 Å². The monoisotopic (exact) mass is 1120 g/mol. The zero-order chi connectivity index (χ0) is 57.1. The number of carboxylic acids is 1. The number of aliphatic hydroxyl groups excluding tert-OH is 2. The Morgan fingerprint density at radius 3 is 2.16 bits per heavy atom. The van der Waals surface area contributed by atoms with Gasteiger partial charge in [-0.1, -0.05) is 81.7 Å². The second-order valence-electron chi connectivity index (χ2n) is 27.3. The van der Waals surface area contributed by atoms with Gasteiger partial charge in [-0.25, -0.2) is 0 Å². The van der Waals surface area contributed by atoms with Gasteiger partial charge in [0.15, 0.2) is 11.6 Å². The molecule has 5 aliphatic heterocycles. The van der Waals surface area contributed by atoms with Crippen LogP contribution < -0.4 is 34.7 Å². The number of rotatable bonds is 14. The van der Waals surface area contributed by atoms with Crippen LogP contribution >= 0.6 is 0 Å². The van der Waals surface area contributed by atoms with Crippen LogP contribution in [0.2, 0.25) is 0 Å². The maximum Gasteiger partial charge on any atom is 1.00 e. The SMILES string of the molecule is CCC(=O)OC1CCC2C3CCC4=CC(=O)CCC4(C)C3CCC12C.CCC(C(=O)[O-])C1CCC(C)C(C(C)C(O)C(C)C(=O)C(CC)C2OC3(C=CC(O)C4(CCC(C)(C5CCC(O)(CC)C(C)O5)O4)O3)C(C)CC2C)O1.[Na+]. The Morgan fingerprint density at radius 1 is 0.810 bits per heavy atom. The Labute approximate surface area is 495 Å². The number of carboxylic acid groups (broad SMARTS) is 1. The molecular formula is C64H101NaO14. The number of hydrogen-bond donors (Lipinski definition) is 3. The molecule has 3 saturated carbocycles. The number of allylic oxidation sites excluding steroid dienone is 1. The van der Waals surface area contributed by atoms with Gasteiger partial charge in [0.2, 0.25) is 5.79 Å². The molecule has 0 radical (unpaired) electrons. The van der Waals surface area contributed by atoms with Crippen molar-refractivity contribution >= 4 is 23.5 Å². The third-order valence-corrected chi connectivity index (χ3v) is 22.9. The van der Waals surface area contributed by atoms with E-state index in [4.69, 9.17) is 28.4 Å². The second kappa shape index (κ2) is 25.2. The minimum atomic E-state index is -1.37. The minimum absolute atomic E-state index is 0. The largest absolute Gasteiger partial charge is 1.00 e. The van der Waals surface area contributed by atoms with E-state index in [0.717, 1.165) is 44.4 Å². The zero-order valence-corrected chi connectivity index (χ0v) is 52.9. The van der Waals surface area contributed by atoms with E-state index in [1.165, 1.54) is 24.8 Å². The molecule has 24 unspecified atom stereocenters. The summed E-state index contributed by atoms with van der Waals surface area (Å²) >= 11 is 0. The van der Waals surface area contributed by atoms with E-state index in [9.17, 15) is 39.6 Å². The molecule has 15 heteroatoms. The van der Waals surface area contributed by atoms with Gasteiger partial charge in [-0.2, -0.15) is 0 Å². The molecule has 0 bridgehead atoms. The molecule has 2 spiro atoms. The van der Waals surface area contributed by atoms with Crippen LogP contribution in [0.3, 0.4) is 0 Å². The number of carbonyl (C=O) groups excluding carboxylic acids is 4. The molecule has 24 atom stereocenters. The third-order valence-electron chi connectivity index (χ3n) is 22.9. The van der Waals surface area contributed by atoms with Crippen molar-refractivity contribution in [2.75, 3.05) is 0 Å². The molecule has 0 aromatic heterocycles. The molecule has 3 N–H and O–H groups in total. The van der Waals surface area contributed by atoms with E-state index in [1.807, 2.05) is 54.5 Å². The van der Waals surface area contributed by atoms with E-state index in [0.29, 0.717) is 81.8 Å². The molecule has 4 aliphatic carbocycles. The van der Waals surface area contributed by atoms with Crippen LogP contribution in [0.25, 0.3) is 0 Å². The van der Waals surface area contributed by atoms with Gasteiger partial charge in [0.25, 0.3) is 0 Å². The summed E-state index contributed by atoms with van der Waals surface area (Å²) in [6, 6.07) is 0. The van der Waals surface area contributed by atoms with Crippen LogP contribution in [0.15, 0.2) is 23.8 Å². The summed E-state index contributed by atoms with van der Waals surface area (Å²) in [5.74, 6) is -3.82. The number of aliphatic hydroxyl groups is 3. The quantitative estimate of drug-likeness (QED) is 0.0941. The molecule has 0 amide bonds. The zero-order valence-electron chi connectivity index (χ0n) is 50.9. The number of hydrogen-bond acceptors (Lipinski definition) is 14. The van der Waals surface area contributed by atoms with Gasteiger partial charge in [-0.3, -0.25) is 14.4 Å². The first kappa shape index (κ1) is 65.0. The Kier molecular flexibility index (Phi) is 20.7. The van der Waals surface area contributed by atoms with E-state index in [-0.39, 0.29) is 88.2 Å². The van der Waals surface area contributed by atoms with Crippen molar-refractivity contribution in [3.8, 4) is 0 Å². The van der Waals surface area contributed by atoms with Crippen molar-refractivity contribution in [3.63, 3.8) is 0 Å². The van der Waals surface area contributed by atoms with Crippen LogP contribution in [0, 0.1) is 70.0 Å². The fraction of sp³-hybridized carbons (Fsp3) is 0.875. The molecule has 0 aromatic rings. The standard InChI is InChI=1S/C42H70O11.C22H32O3.Na/c1-11-29(38(46)47)31-15-14-23(4)36(50-31)27(8)34(44)26(7)35(45)30(12-2)37-24(5)22-25(6)41(51-37)19-16-32(43)42(53-41)21-20-39(10,52-42)33-17-18-40(48,13-3)28(9)49-33;1-4-20(24)25-19-8-7-17-16-6-5-14-13-15(23)9-11-21(14,2)18(16)10-12-22(17,19)3;/h16,19,23-34,36-37,43-44,48H,11-15,17-18,20-22H2,1-10H3,(H,46,47);13,16-19H,4-12H2,1-3H3;/q;;+1/p-1. The van der Waals surface area contributed by atoms with Crippen molar-refractivity contribution < 1.29 is 97.6 Å². The topological polar surface area (TPSA) is 207 Å². The first-order valence-electron chi connectivity index (χ1n) is 31.0. The van der Waals surface area contributed by atoms with Crippen molar-refractivity contribution in [2.45, 2.75) is 284 Å². The first-order chi connectivity index (χ1) is 36.7. The van der Waals surface area contributed by atoms with Gasteiger partial charge in [0.1, 0.15) is 18.0 Å². The molecule has 79 heavy (non-hydrogen) atoms. The number of ketones is 2. The molecule has 5 heterocycles. The number of Topliss-reactive ketones (excluding diaryl/α,β-unsaturated/α-hetero) is 1. The van der Waals surface area contributed by atoms with Crippen LogP contribution in [0.5, 0.6) is 0 Å². The van der Waals surface area contributed by atoms with Gasteiger partial charge in [-0.05, 0) is 170 Å². The molecule has 4 saturated heterocycles. The van der Waals surface area contributed by atoms with Crippen molar-refractivity contribution in [1.82, 2.24) is 0 Å². The maximum absolute atomic E-state index is 14.4. The van der Waals surface area contributed by atoms with Gasteiger partial charge < -0.3 is 53.6 Å². The van der Waals surface area contributed by atoms with E-state index in [2.05, 4.69) is 34.6 Å². The predicted octanol–water partition coefficient (Wildman–Crippen LogP) is 6.70. The van der Waals surface area contributed by atoms with E-state index >= 15 is 0 Å². The summed E-state index contributed by atoms with van der Waals surface area (Å²) < 4.78 is 39.3. The number of fused-ring (bicyclic) bond motifs is 5. The van der Waals surface area contributed by atoms with Crippen molar-refractivity contribution in [1.29, 1.82) is 0 Å². The minimum Gasteiger partial charge on any atom is -0.550 e. The Balaban J connectivity index is 0.000000288. The maximum atomic E-state index is 14.4. The fourth-order valence-corrected chi connectivity index (χ4v) is 17.4. The summed E-state index contributed by atoms with van der Waals surface area (Å²) in [6.07, 6.45) is 16.5. The Morgan fingerprint density at radius 2 is 1.52 bits per heavy atom. The van der Waals surface area contributed by atoms with E-state index < -0.39 is 82.9 Å². The summed E-state index contributed by atoms with van der Waals surface area (Å²) in [4.78, 5) is 50.0. The molecular weight excluding hydrogens is 1020 g/mol. The Bertz CT molecular complexity index is 2240. The third kappa shape index (κ3) is 12.2. The molecule has 14 nitrogen and oxygen atoms in total. The number of esters is 1. The summed E-state index contributed by atoms with van der Waals surface area (Å²) in [7, 11) is 0.